The maximum Gasteiger partial charge on any atom is 0.224 e. The fourth-order valence-electron chi connectivity index (χ4n) is 2.40. The Morgan fingerprint density at radius 1 is 1.42 bits per heavy atom. The molecule has 1 aliphatic carbocycles. The Hall–Kier alpha value is -1.13. The Labute approximate surface area is 116 Å². The van der Waals surface area contributed by atoms with Crippen LogP contribution in [0.25, 0.3) is 0 Å². The lowest BCUT2D eigenvalue weighted by molar-refractivity contribution is -0.122. The van der Waals surface area contributed by atoms with E-state index in [-0.39, 0.29) is 29.0 Å². The van der Waals surface area contributed by atoms with E-state index in [1.807, 2.05) is 0 Å². The van der Waals surface area contributed by atoms with Crippen LogP contribution < -0.4 is 5.32 Å². The predicted octanol–water partition coefficient (Wildman–Crippen LogP) is 2.44. The van der Waals surface area contributed by atoms with Gasteiger partial charge in [-0.3, -0.25) is 4.79 Å². The summed E-state index contributed by atoms with van der Waals surface area (Å²) in [5, 5.41) is 12.8. The van der Waals surface area contributed by atoms with Crippen LogP contribution >= 0.6 is 11.6 Å². The molecule has 5 heteroatoms. The third-order valence-electron chi connectivity index (χ3n) is 3.47. The molecule has 0 spiro atoms. The normalized spacial score (nSPS) is 23.1. The average molecular weight is 286 g/mol. The first kappa shape index (κ1) is 14.3. The highest BCUT2D eigenvalue weighted by Gasteiger charge is 2.24. The van der Waals surface area contributed by atoms with Crippen molar-refractivity contribution in [3.8, 4) is 0 Å². The Balaban J connectivity index is 1.97. The molecule has 0 aliphatic heterocycles. The number of carbonyl (C=O) groups excluding carboxylic acids is 1. The van der Waals surface area contributed by atoms with E-state index in [0.29, 0.717) is 6.42 Å². The van der Waals surface area contributed by atoms with E-state index in [1.165, 1.54) is 12.1 Å². The minimum Gasteiger partial charge on any atom is -0.391 e. The van der Waals surface area contributed by atoms with Gasteiger partial charge in [-0.05, 0) is 25.0 Å². The summed E-state index contributed by atoms with van der Waals surface area (Å²) < 4.78 is 13.6. The lowest BCUT2D eigenvalue weighted by atomic mass is 9.92. The van der Waals surface area contributed by atoms with Gasteiger partial charge in [-0.2, -0.15) is 0 Å². The molecule has 0 saturated heterocycles. The zero-order valence-electron chi connectivity index (χ0n) is 10.5. The van der Waals surface area contributed by atoms with E-state index in [1.54, 1.807) is 6.07 Å². The van der Waals surface area contributed by atoms with Crippen molar-refractivity contribution in [3.63, 3.8) is 0 Å². The van der Waals surface area contributed by atoms with Gasteiger partial charge in [0.25, 0.3) is 0 Å². The number of aliphatic hydroxyl groups excluding tert-OH is 1. The van der Waals surface area contributed by atoms with Gasteiger partial charge in [0.2, 0.25) is 5.91 Å². The number of aliphatic hydroxyl groups is 1. The number of amides is 1. The molecule has 0 aromatic heterocycles. The topological polar surface area (TPSA) is 49.3 Å². The minimum absolute atomic E-state index is 0.102. The third-order valence-corrected chi connectivity index (χ3v) is 3.83. The van der Waals surface area contributed by atoms with Gasteiger partial charge in [-0.1, -0.05) is 30.5 Å². The van der Waals surface area contributed by atoms with Crippen molar-refractivity contribution >= 4 is 17.5 Å². The van der Waals surface area contributed by atoms with Crippen LogP contribution in [0.5, 0.6) is 0 Å². The van der Waals surface area contributed by atoms with Crippen molar-refractivity contribution in [2.24, 2.45) is 0 Å². The lowest BCUT2D eigenvalue weighted by Crippen LogP contribution is -2.45. The number of nitrogens with one attached hydrogen (secondary N) is 1. The molecule has 0 unspecified atom stereocenters. The van der Waals surface area contributed by atoms with Gasteiger partial charge in [0.15, 0.2) is 0 Å². The van der Waals surface area contributed by atoms with Crippen LogP contribution in [0, 0.1) is 5.82 Å². The minimum atomic E-state index is -0.506. The Kier molecular flexibility index (Phi) is 4.77. The van der Waals surface area contributed by atoms with E-state index in [0.717, 1.165) is 19.3 Å². The molecule has 0 heterocycles. The second kappa shape index (κ2) is 6.35. The van der Waals surface area contributed by atoms with Gasteiger partial charge in [-0.25, -0.2) is 4.39 Å². The molecule has 2 atom stereocenters. The first-order chi connectivity index (χ1) is 9.08. The first-order valence-electron chi connectivity index (χ1n) is 6.48. The summed E-state index contributed by atoms with van der Waals surface area (Å²) >= 11 is 5.88. The van der Waals surface area contributed by atoms with Gasteiger partial charge in [0.05, 0.1) is 18.6 Å². The van der Waals surface area contributed by atoms with Crippen molar-refractivity contribution in [1.82, 2.24) is 5.32 Å². The van der Waals surface area contributed by atoms with Crippen molar-refractivity contribution in [1.29, 1.82) is 0 Å². The molecule has 2 N–H and O–H groups in total. The fourth-order valence-corrected chi connectivity index (χ4v) is 2.63. The highest BCUT2D eigenvalue weighted by Crippen LogP contribution is 2.21. The summed E-state index contributed by atoms with van der Waals surface area (Å²) in [6.45, 7) is 0. The van der Waals surface area contributed by atoms with Crippen molar-refractivity contribution in [2.45, 2.75) is 44.2 Å². The molecule has 1 saturated carbocycles. The molecule has 2 rings (SSSR count). The van der Waals surface area contributed by atoms with E-state index in [2.05, 4.69) is 5.32 Å². The van der Waals surface area contributed by atoms with Crippen LogP contribution in [0.1, 0.15) is 31.2 Å². The van der Waals surface area contributed by atoms with Crippen LogP contribution in [0.2, 0.25) is 5.02 Å². The van der Waals surface area contributed by atoms with E-state index >= 15 is 0 Å². The van der Waals surface area contributed by atoms with Crippen LogP contribution in [0.15, 0.2) is 18.2 Å². The van der Waals surface area contributed by atoms with Crippen molar-refractivity contribution < 1.29 is 14.3 Å². The Morgan fingerprint density at radius 3 is 2.84 bits per heavy atom. The number of benzene rings is 1. The van der Waals surface area contributed by atoms with Crippen LogP contribution in [-0.2, 0) is 11.2 Å². The summed E-state index contributed by atoms with van der Waals surface area (Å²) in [7, 11) is 0. The molecule has 0 radical (unpaired) electrons. The predicted molar refractivity (Wildman–Crippen MR) is 71.5 cm³/mol. The van der Waals surface area contributed by atoms with E-state index in [4.69, 9.17) is 11.6 Å². The number of hydrogen-bond donors (Lipinski definition) is 2. The smallest absolute Gasteiger partial charge is 0.224 e. The second-order valence-corrected chi connectivity index (χ2v) is 5.31. The monoisotopic (exact) mass is 285 g/mol. The highest BCUT2D eigenvalue weighted by molar-refractivity contribution is 6.31. The number of hydrogen-bond acceptors (Lipinski definition) is 2. The zero-order valence-corrected chi connectivity index (χ0v) is 11.3. The zero-order chi connectivity index (χ0) is 13.8. The third kappa shape index (κ3) is 3.67. The van der Waals surface area contributed by atoms with Crippen LogP contribution in [0.4, 0.5) is 4.39 Å². The van der Waals surface area contributed by atoms with Crippen molar-refractivity contribution in [3.05, 3.63) is 34.6 Å². The van der Waals surface area contributed by atoms with Gasteiger partial charge < -0.3 is 10.4 Å². The van der Waals surface area contributed by atoms with Gasteiger partial charge in [0.1, 0.15) is 5.82 Å². The average Bonchev–Trinajstić information content (AvgIpc) is 2.37. The van der Waals surface area contributed by atoms with Crippen LogP contribution in [0.3, 0.4) is 0 Å². The van der Waals surface area contributed by atoms with E-state index in [9.17, 15) is 14.3 Å². The number of carbonyl (C=O) groups is 1. The molecule has 19 heavy (non-hydrogen) atoms. The molecular weight excluding hydrogens is 269 g/mol. The quantitative estimate of drug-likeness (QED) is 0.896. The number of halogens is 2. The fraction of sp³-hybridized carbons (Fsp3) is 0.500. The molecule has 1 aromatic carbocycles. The summed E-state index contributed by atoms with van der Waals surface area (Å²) in [6, 6.07) is 4.11. The first-order valence-corrected chi connectivity index (χ1v) is 6.86. The summed E-state index contributed by atoms with van der Waals surface area (Å²) in [5.74, 6) is -0.787. The molecule has 1 aliphatic rings. The molecule has 104 valence electrons. The second-order valence-electron chi connectivity index (χ2n) is 4.90. The van der Waals surface area contributed by atoms with Gasteiger partial charge in [0, 0.05) is 10.6 Å². The highest BCUT2D eigenvalue weighted by atomic mass is 35.5. The van der Waals surface area contributed by atoms with Gasteiger partial charge in [-0.15, -0.1) is 0 Å². The summed E-state index contributed by atoms with van der Waals surface area (Å²) in [6.07, 6.45) is 2.82. The van der Waals surface area contributed by atoms with Crippen molar-refractivity contribution in [2.75, 3.05) is 0 Å². The lowest BCUT2D eigenvalue weighted by Gasteiger charge is -2.28. The Bertz CT molecular complexity index is 447. The standard InChI is InChI=1S/C14H17ClFNO2/c15-10-4-3-5-11(16)9(10)8-14(19)17-12-6-1-2-7-13(12)18/h3-5,12-13,18H,1-2,6-8H2,(H,17,19)/t12-,13-/m1/s1. The molecule has 0 bridgehead atoms. The number of rotatable bonds is 3. The summed E-state index contributed by atoms with van der Waals surface area (Å²) in [5.41, 5.74) is 0.201. The van der Waals surface area contributed by atoms with Crippen LogP contribution in [-0.4, -0.2) is 23.2 Å². The SMILES string of the molecule is O=C(Cc1c(F)cccc1Cl)N[C@@H]1CCCC[C@H]1O. The summed E-state index contributed by atoms with van der Waals surface area (Å²) in [4.78, 5) is 11.9. The van der Waals surface area contributed by atoms with Gasteiger partial charge >= 0.3 is 0 Å². The molecule has 1 amide bonds. The Morgan fingerprint density at radius 2 is 2.16 bits per heavy atom. The largest absolute Gasteiger partial charge is 0.391 e. The van der Waals surface area contributed by atoms with E-state index < -0.39 is 11.9 Å². The maximum absolute atomic E-state index is 13.6. The molecular formula is C14H17ClFNO2. The molecule has 1 fully saturated rings. The molecule has 1 aromatic rings. The molecule has 3 nitrogen and oxygen atoms in total. The maximum atomic E-state index is 13.6.